The van der Waals surface area contributed by atoms with Crippen molar-refractivity contribution in [2.75, 3.05) is 14.2 Å². The van der Waals surface area contributed by atoms with Gasteiger partial charge in [0.1, 0.15) is 0 Å². The van der Waals surface area contributed by atoms with Crippen molar-refractivity contribution >= 4 is 11.6 Å². The largest absolute Gasteiger partial charge is 0.493 e. The number of fused-ring (bicyclic) bond motifs is 1. The van der Waals surface area contributed by atoms with Gasteiger partial charge >= 0.3 is 0 Å². The number of nitrogens with one attached hydrogen (secondary N) is 1. The van der Waals surface area contributed by atoms with Crippen LogP contribution in [0.5, 0.6) is 11.5 Å². The van der Waals surface area contributed by atoms with E-state index >= 15 is 0 Å². The summed E-state index contributed by atoms with van der Waals surface area (Å²) in [6, 6.07) is 11.8. The molecule has 0 bridgehead atoms. The maximum Gasteiger partial charge on any atom is 0.179 e. The van der Waals surface area contributed by atoms with Crippen molar-refractivity contribution in [3.63, 3.8) is 0 Å². The quantitative estimate of drug-likeness (QED) is 0.882. The number of methoxy groups -OCH3 is 2. The number of benzene rings is 2. The molecule has 0 heterocycles. The van der Waals surface area contributed by atoms with E-state index in [4.69, 9.17) is 21.1 Å². The maximum absolute atomic E-state index is 10.3. The highest BCUT2D eigenvalue weighted by atomic mass is 35.5. The van der Waals surface area contributed by atoms with Crippen molar-refractivity contribution < 1.29 is 14.6 Å². The van der Waals surface area contributed by atoms with Gasteiger partial charge < -0.3 is 19.9 Å². The van der Waals surface area contributed by atoms with Gasteiger partial charge in [0.05, 0.1) is 31.4 Å². The summed E-state index contributed by atoms with van der Waals surface area (Å²) in [6.45, 7) is 0.579. The summed E-state index contributed by atoms with van der Waals surface area (Å²) in [5, 5.41) is 14.2. The minimum Gasteiger partial charge on any atom is -0.493 e. The molecule has 0 radical (unpaired) electrons. The molecular weight excluding hydrogens is 314 g/mol. The second-order valence-corrected chi connectivity index (χ2v) is 6.05. The van der Waals surface area contributed by atoms with Gasteiger partial charge in [-0.3, -0.25) is 0 Å². The number of aliphatic hydroxyl groups is 1. The molecule has 0 unspecified atom stereocenters. The van der Waals surface area contributed by atoms with Crippen LogP contribution < -0.4 is 14.8 Å². The molecule has 5 heteroatoms. The average molecular weight is 334 g/mol. The lowest BCUT2D eigenvalue weighted by Crippen LogP contribution is -2.28. The zero-order valence-electron chi connectivity index (χ0n) is 13.2. The zero-order chi connectivity index (χ0) is 16.4. The zero-order valence-corrected chi connectivity index (χ0v) is 13.9. The van der Waals surface area contributed by atoms with Crippen LogP contribution in [-0.2, 0) is 13.0 Å². The van der Waals surface area contributed by atoms with Crippen molar-refractivity contribution in [2.45, 2.75) is 25.1 Å². The fourth-order valence-corrected chi connectivity index (χ4v) is 3.43. The van der Waals surface area contributed by atoms with Crippen LogP contribution in [0.4, 0.5) is 0 Å². The van der Waals surface area contributed by atoms with Crippen molar-refractivity contribution in [3.05, 3.63) is 58.1 Å². The molecule has 0 amide bonds. The first-order valence-electron chi connectivity index (χ1n) is 7.53. The van der Waals surface area contributed by atoms with Crippen molar-refractivity contribution in [3.8, 4) is 11.5 Å². The van der Waals surface area contributed by atoms with Gasteiger partial charge in [-0.2, -0.15) is 0 Å². The molecule has 0 saturated heterocycles. The van der Waals surface area contributed by atoms with Gasteiger partial charge in [-0.25, -0.2) is 0 Å². The van der Waals surface area contributed by atoms with E-state index in [0.29, 0.717) is 29.5 Å². The van der Waals surface area contributed by atoms with Crippen molar-refractivity contribution in [1.82, 2.24) is 5.32 Å². The summed E-state index contributed by atoms with van der Waals surface area (Å²) in [7, 11) is 3.15. The van der Waals surface area contributed by atoms with Gasteiger partial charge in [-0.05, 0) is 28.8 Å². The van der Waals surface area contributed by atoms with E-state index in [1.807, 2.05) is 24.3 Å². The first-order valence-corrected chi connectivity index (χ1v) is 7.91. The van der Waals surface area contributed by atoms with Crippen LogP contribution in [0, 0.1) is 0 Å². The van der Waals surface area contributed by atoms with Crippen LogP contribution >= 0.6 is 11.6 Å². The topological polar surface area (TPSA) is 50.7 Å². The lowest BCUT2D eigenvalue weighted by atomic mass is 10.1. The Bertz CT molecular complexity index is 705. The van der Waals surface area contributed by atoms with Crippen molar-refractivity contribution in [1.29, 1.82) is 0 Å². The Morgan fingerprint density at radius 1 is 1.22 bits per heavy atom. The smallest absolute Gasteiger partial charge is 0.179 e. The second kappa shape index (κ2) is 6.79. The molecule has 0 saturated carbocycles. The summed E-state index contributed by atoms with van der Waals surface area (Å²) in [6.07, 6.45) is 0.267. The number of rotatable bonds is 5. The molecule has 1 aliphatic rings. The van der Waals surface area contributed by atoms with E-state index in [2.05, 4.69) is 17.4 Å². The third-order valence-electron chi connectivity index (χ3n) is 4.22. The summed E-state index contributed by atoms with van der Waals surface area (Å²) >= 11 is 6.24. The van der Waals surface area contributed by atoms with E-state index in [0.717, 1.165) is 11.1 Å². The molecule has 0 spiro atoms. The molecule has 0 aromatic heterocycles. The summed E-state index contributed by atoms with van der Waals surface area (Å²) in [5.74, 6) is 1.13. The fourth-order valence-electron chi connectivity index (χ4n) is 3.12. The van der Waals surface area contributed by atoms with Gasteiger partial charge in [0.2, 0.25) is 0 Å². The predicted octanol–water partition coefficient (Wildman–Crippen LogP) is 3.11. The summed E-state index contributed by atoms with van der Waals surface area (Å²) in [4.78, 5) is 0. The van der Waals surface area contributed by atoms with Crippen LogP contribution in [0.25, 0.3) is 0 Å². The van der Waals surface area contributed by atoms with Crippen LogP contribution in [-0.4, -0.2) is 25.4 Å². The number of hydrogen-bond acceptors (Lipinski definition) is 4. The van der Waals surface area contributed by atoms with Crippen LogP contribution in [0.15, 0.2) is 36.4 Å². The Balaban J connectivity index is 1.78. The molecule has 1 aliphatic carbocycles. The van der Waals surface area contributed by atoms with Crippen LogP contribution in [0.3, 0.4) is 0 Å². The predicted molar refractivity (Wildman–Crippen MR) is 90.3 cm³/mol. The lowest BCUT2D eigenvalue weighted by molar-refractivity contribution is 0.140. The molecular formula is C18H20ClNO3. The molecule has 2 N–H and O–H groups in total. The normalized spacial score (nSPS) is 19.5. The number of aliphatic hydroxyl groups excluding tert-OH is 1. The minimum atomic E-state index is -0.414. The Morgan fingerprint density at radius 2 is 2.00 bits per heavy atom. The first kappa shape index (κ1) is 16.1. The van der Waals surface area contributed by atoms with Crippen LogP contribution in [0.2, 0.25) is 5.02 Å². The highest BCUT2D eigenvalue weighted by molar-refractivity contribution is 6.32. The van der Waals surface area contributed by atoms with Gasteiger partial charge in [-0.1, -0.05) is 35.9 Å². The Morgan fingerprint density at radius 3 is 2.74 bits per heavy atom. The Hall–Kier alpha value is -1.75. The molecule has 2 atom stereocenters. The van der Waals surface area contributed by atoms with E-state index in [-0.39, 0.29) is 6.04 Å². The van der Waals surface area contributed by atoms with E-state index in [1.54, 1.807) is 14.2 Å². The Kier molecular flexibility index (Phi) is 4.76. The fraction of sp³-hybridized carbons (Fsp3) is 0.333. The first-order chi connectivity index (χ1) is 11.1. The van der Waals surface area contributed by atoms with E-state index in [1.165, 1.54) is 5.56 Å². The second-order valence-electron chi connectivity index (χ2n) is 5.64. The molecule has 0 fully saturated rings. The molecule has 2 aromatic carbocycles. The van der Waals surface area contributed by atoms with E-state index < -0.39 is 6.10 Å². The number of ether oxygens (including phenoxy) is 2. The SMILES string of the molecule is COc1cc(CN[C@@H]2c3ccccc3C[C@@H]2O)cc(Cl)c1OC. The number of hydrogen-bond donors (Lipinski definition) is 2. The number of halogens is 1. The van der Waals surface area contributed by atoms with Gasteiger partial charge in [0, 0.05) is 13.0 Å². The molecule has 3 rings (SSSR count). The lowest BCUT2D eigenvalue weighted by Gasteiger charge is -2.19. The molecule has 0 aliphatic heterocycles. The monoisotopic (exact) mass is 333 g/mol. The van der Waals surface area contributed by atoms with Gasteiger partial charge in [-0.15, -0.1) is 0 Å². The third-order valence-corrected chi connectivity index (χ3v) is 4.50. The van der Waals surface area contributed by atoms with E-state index in [9.17, 15) is 5.11 Å². The average Bonchev–Trinajstić information content (AvgIpc) is 2.87. The highest BCUT2D eigenvalue weighted by Crippen LogP contribution is 2.36. The van der Waals surface area contributed by atoms with Gasteiger partial charge in [0.15, 0.2) is 11.5 Å². The molecule has 122 valence electrons. The van der Waals surface area contributed by atoms with Crippen LogP contribution in [0.1, 0.15) is 22.7 Å². The van der Waals surface area contributed by atoms with Crippen molar-refractivity contribution in [2.24, 2.45) is 0 Å². The summed E-state index contributed by atoms with van der Waals surface area (Å²) in [5.41, 5.74) is 3.33. The molecule has 23 heavy (non-hydrogen) atoms. The molecule has 4 nitrogen and oxygen atoms in total. The minimum absolute atomic E-state index is 0.0712. The Labute approximate surface area is 141 Å². The third kappa shape index (κ3) is 3.15. The molecule has 2 aromatic rings. The van der Waals surface area contributed by atoms with Gasteiger partial charge in [0.25, 0.3) is 0 Å². The highest BCUT2D eigenvalue weighted by Gasteiger charge is 2.30. The summed E-state index contributed by atoms with van der Waals surface area (Å²) < 4.78 is 10.6. The maximum atomic E-state index is 10.3. The standard InChI is InChI=1S/C18H20ClNO3/c1-22-16-8-11(7-14(19)18(16)23-2)10-20-17-13-6-4-3-5-12(13)9-15(17)21/h3-8,15,17,20-21H,9-10H2,1-2H3/t15-,17+/m0/s1.